The highest BCUT2D eigenvalue weighted by molar-refractivity contribution is 7.98. The first-order valence-electron chi connectivity index (χ1n) is 6.04. The molecule has 0 radical (unpaired) electrons. The van der Waals surface area contributed by atoms with E-state index in [-0.39, 0.29) is 11.9 Å². The fourth-order valence-electron chi connectivity index (χ4n) is 1.87. The van der Waals surface area contributed by atoms with Gasteiger partial charge >= 0.3 is 0 Å². The van der Waals surface area contributed by atoms with Gasteiger partial charge in [-0.25, -0.2) is 4.39 Å². The average molecular weight is 280 g/mol. The number of nitrogens with zero attached hydrogens (tertiary/aromatic N) is 2. The summed E-state index contributed by atoms with van der Waals surface area (Å²) in [5, 5.41) is 4.50. The summed E-state index contributed by atoms with van der Waals surface area (Å²) in [4.78, 5) is 0.942. The number of methoxy groups -OCH3 is 1. The SMILES string of the molecule is COc1cccc(F)c1-c1nn(C(C)C)cc1SC. The Kier molecular flexibility index (Phi) is 4.14. The second kappa shape index (κ2) is 5.65. The van der Waals surface area contributed by atoms with E-state index in [1.807, 2.05) is 31.0 Å². The third kappa shape index (κ3) is 2.61. The van der Waals surface area contributed by atoms with Crippen LogP contribution in [0.2, 0.25) is 0 Å². The van der Waals surface area contributed by atoms with Gasteiger partial charge in [0.1, 0.15) is 17.3 Å². The number of rotatable bonds is 4. The quantitative estimate of drug-likeness (QED) is 0.792. The highest BCUT2D eigenvalue weighted by atomic mass is 32.2. The van der Waals surface area contributed by atoms with Crippen LogP contribution in [-0.4, -0.2) is 23.1 Å². The largest absolute Gasteiger partial charge is 0.496 e. The molecule has 1 aromatic carbocycles. The minimum atomic E-state index is -0.316. The summed E-state index contributed by atoms with van der Waals surface area (Å²) in [6, 6.07) is 5.04. The van der Waals surface area contributed by atoms with E-state index in [2.05, 4.69) is 5.10 Å². The summed E-state index contributed by atoms with van der Waals surface area (Å²) in [7, 11) is 1.54. The average Bonchev–Trinajstić information content (AvgIpc) is 2.82. The first-order valence-corrected chi connectivity index (χ1v) is 7.27. The van der Waals surface area contributed by atoms with Crippen molar-refractivity contribution in [3.05, 3.63) is 30.2 Å². The highest BCUT2D eigenvalue weighted by Crippen LogP contribution is 2.37. The molecule has 0 N–H and O–H groups in total. The molecular formula is C14H17FN2OS. The third-order valence-corrected chi connectivity index (χ3v) is 3.62. The Hall–Kier alpha value is -1.49. The van der Waals surface area contributed by atoms with E-state index in [4.69, 9.17) is 4.74 Å². The van der Waals surface area contributed by atoms with Crippen LogP contribution in [0.3, 0.4) is 0 Å². The zero-order chi connectivity index (χ0) is 14.0. The molecule has 0 saturated heterocycles. The van der Waals surface area contributed by atoms with Crippen molar-refractivity contribution in [3.8, 4) is 17.0 Å². The fourth-order valence-corrected chi connectivity index (χ4v) is 2.42. The molecule has 0 unspecified atom stereocenters. The second-order valence-corrected chi connectivity index (χ2v) is 5.29. The van der Waals surface area contributed by atoms with E-state index in [0.717, 1.165) is 4.90 Å². The van der Waals surface area contributed by atoms with E-state index in [0.29, 0.717) is 17.0 Å². The summed E-state index contributed by atoms with van der Waals surface area (Å²) in [6.45, 7) is 4.08. The highest BCUT2D eigenvalue weighted by Gasteiger charge is 2.19. The Morgan fingerprint density at radius 3 is 2.68 bits per heavy atom. The van der Waals surface area contributed by atoms with Gasteiger partial charge in [0.25, 0.3) is 0 Å². The van der Waals surface area contributed by atoms with Gasteiger partial charge in [0.05, 0.1) is 17.6 Å². The molecule has 0 spiro atoms. The molecule has 2 aromatic rings. The van der Waals surface area contributed by atoms with E-state index in [1.54, 1.807) is 23.9 Å². The Balaban J connectivity index is 2.64. The molecule has 102 valence electrons. The lowest BCUT2D eigenvalue weighted by atomic mass is 10.1. The second-order valence-electron chi connectivity index (χ2n) is 4.44. The molecular weight excluding hydrogens is 263 g/mol. The maximum Gasteiger partial charge on any atom is 0.136 e. The van der Waals surface area contributed by atoms with Gasteiger partial charge in [-0.05, 0) is 32.2 Å². The Morgan fingerprint density at radius 1 is 1.37 bits per heavy atom. The smallest absolute Gasteiger partial charge is 0.136 e. The van der Waals surface area contributed by atoms with Crippen LogP contribution in [0.15, 0.2) is 29.3 Å². The van der Waals surface area contributed by atoms with Crippen molar-refractivity contribution < 1.29 is 9.13 Å². The molecule has 0 amide bonds. The maximum absolute atomic E-state index is 14.1. The molecule has 3 nitrogen and oxygen atoms in total. The number of aromatic nitrogens is 2. The number of hydrogen-bond acceptors (Lipinski definition) is 3. The minimum absolute atomic E-state index is 0.234. The zero-order valence-electron chi connectivity index (χ0n) is 11.5. The molecule has 1 aromatic heterocycles. The number of benzene rings is 1. The van der Waals surface area contributed by atoms with Crippen LogP contribution in [0.1, 0.15) is 19.9 Å². The van der Waals surface area contributed by atoms with Gasteiger partial charge in [-0.3, -0.25) is 4.68 Å². The van der Waals surface area contributed by atoms with Gasteiger partial charge in [-0.15, -0.1) is 11.8 Å². The summed E-state index contributed by atoms with van der Waals surface area (Å²) < 4.78 is 21.2. The summed E-state index contributed by atoms with van der Waals surface area (Å²) >= 11 is 1.55. The lowest BCUT2D eigenvalue weighted by Gasteiger charge is -2.08. The molecule has 0 aliphatic rings. The van der Waals surface area contributed by atoms with Crippen LogP contribution in [0.25, 0.3) is 11.3 Å². The standard InChI is InChI=1S/C14H17FN2OS/c1-9(2)17-8-12(19-4)14(16-17)13-10(15)6-5-7-11(13)18-3/h5-9H,1-4H3. The molecule has 0 aliphatic heterocycles. The molecule has 0 atom stereocenters. The Morgan fingerprint density at radius 2 is 2.11 bits per heavy atom. The number of halogens is 1. The van der Waals surface area contributed by atoms with Crippen LogP contribution >= 0.6 is 11.8 Å². The van der Waals surface area contributed by atoms with Gasteiger partial charge in [-0.1, -0.05) is 6.07 Å². The third-order valence-electron chi connectivity index (χ3n) is 2.88. The first-order chi connectivity index (χ1) is 9.08. The number of ether oxygens (including phenoxy) is 1. The van der Waals surface area contributed by atoms with Gasteiger partial charge in [-0.2, -0.15) is 5.10 Å². The van der Waals surface area contributed by atoms with E-state index >= 15 is 0 Å². The maximum atomic E-state index is 14.1. The van der Waals surface area contributed by atoms with Crippen molar-refractivity contribution >= 4 is 11.8 Å². The number of thioether (sulfide) groups is 1. The topological polar surface area (TPSA) is 27.1 Å². The summed E-state index contributed by atoms with van der Waals surface area (Å²) in [5.41, 5.74) is 1.06. The Bertz CT molecular complexity index is 581. The normalized spacial score (nSPS) is 11.1. The van der Waals surface area contributed by atoms with Crippen LogP contribution < -0.4 is 4.74 Å². The van der Waals surface area contributed by atoms with Crippen molar-refractivity contribution in [2.45, 2.75) is 24.8 Å². The van der Waals surface area contributed by atoms with Crippen LogP contribution in [0.4, 0.5) is 4.39 Å². The van der Waals surface area contributed by atoms with Gasteiger partial charge < -0.3 is 4.74 Å². The van der Waals surface area contributed by atoms with Crippen LogP contribution in [0, 0.1) is 5.82 Å². The van der Waals surface area contributed by atoms with Gasteiger partial charge in [0.15, 0.2) is 0 Å². The molecule has 2 rings (SSSR count). The van der Waals surface area contributed by atoms with Crippen LogP contribution in [0.5, 0.6) is 5.75 Å². The lowest BCUT2D eigenvalue weighted by molar-refractivity contribution is 0.413. The van der Waals surface area contributed by atoms with Crippen LogP contribution in [-0.2, 0) is 0 Å². The molecule has 0 saturated carbocycles. The van der Waals surface area contributed by atoms with Crippen molar-refractivity contribution in [2.75, 3.05) is 13.4 Å². The van der Waals surface area contributed by atoms with E-state index in [9.17, 15) is 4.39 Å². The summed E-state index contributed by atoms with van der Waals surface area (Å²) in [5.74, 6) is 0.188. The lowest BCUT2D eigenvalue weighted by Crippen LogP contribution is -2.01. The predicted octanol–water partition coefficient (Wildman–Crippen LogP) is 4.00. The minimum Gasteiger partial charge on any atom is -0.496 e. The van der Waals surface area contributed by atoms with Crippen molar-refractivity contribution in [1.29, 1.82) is 0 Å². The van der Waals surface area contributed by atoms with Crippen molar-refractivity contribution in [1.82, 2.24) is 9.78 Å². The molecule has 1 heterocycles. The molecule has 0 fully saturated rings. The predicted molar refractivity (Wildman–Crippen MR) is 76.3 cm³/mol. The van der Waals surface area contributed by atoms with Gasteiger partial charge in [0.2, 0.25) is 0 Å². The molecule has 19 heavy (non-hydrogen) atoms. The van der Waals surface area contributed by atoms with E-state index < -0.39 is 0 Å². The fraction of sp³-hybridized carbons (Fsp3) is 0.357. The first kappa shape index (κ1) is 13.9. The van der Waals surface area contributed by atoms with E-state index in [1.165, 1.54) is 13.2 Å². The molecule has 0 bridgehead atoms. The van der Waals surface area contributed by atoms with Gasteiger partial charge in [0, 0.05) is 12.2 Å². The monoisotopic (exact) mass is 280 g/mol. The zero-order valence-corrected chi connectivity index (χ0v) is 12.3. The molecule has 5 heteroatoms. The Labute approximate surface area is 116 Å². The molecule has 0 aliphatic carbocycles. The number of hydrogen-bond donors (Lipinski definition) is 0. The van der Waals surface area contributed by atoms with Crippen molar-refractivity contribution in [3.63, 3.8) is 0 Å². The summed E-state index contributed by atoms with van der Waals surface area (Å²) in [6.07, 6.45) is 3.90. The van der Waals surface area contributed by atoms with Crippen molar-refractivity contribution in [2.24, 2.45) is 0 Å².